The summed E-state index contributed by atoms with van der Waals surface area (Å²) in [6.07, 6.45) is 4.02. The molecule has 148 valence electrons. The normalized spacial score (nSPS) is 19.0. The summed E-state index contributed by atoms with van der Waals surface area (Å²) < 4.78 is 5.30. The van der Waals surface area contributed by atoms with Crippen LogP contribution in [0.4, 0.5) is 5.69 Å². The molecule has 0 saturated carbocycles. The molecule has 0 radical (unpaired) electrons. The van der Waals surface area contributed by atoms with Crippen molar-refractivity contribution in [2.45, 2.75) is 40.2 Å². The molecule has 2 aliphatic rings. The predicted molar refractivity (Wildman–Crippen MR) is 113 cm³/mol. The molecule has 1 aromatic carbocycles. The highest BCUT2D eigenvalue weighted by Gasteiger charge is 2.30. The molecule has 0 aliphatic carbocycles. The molecule has 0 atom stereocenters. The summed E-state index contributed by atoms with van der Waals surface area (Å²) in [5.74, 6) is -0.216. The Morgan fingerprint density at radius 2 is 1.96 bits per heavy atom. The maximum Gasteiger partial charge on any atom is 0.264 e. The Morgan fingerprint density at radius 3 is 2.57 bits per heavy atom. The maximum atomic E-state index is 12.7. The molecule has 28 heavy (non-hydrogen) atoms. The minimum Gasteiger partial charge on any atom is -0.378 e. The topological polar surface area (TPSA) is 56.6 Å². The van der Waals surface area contributed by atoms with Gasteiger partial charge in [0.25, 0.3) is 5.91 Å². The highest BCUT2D eigenvalue weighted by atomic mass is 16.5. The van der Waals surface area contributed by atoms with Crippen molar-refractivity contribution in [2.24, 2.45) is 0 Å². The molecular formula is C23H29N3O2. The van der Waals surface area contributed by atoms with Crippen molar-refractivity contribution in [1.82, 2.24) is 4.90 Å². The number of anilines is 1. The fraction of sp³-hybridized carbons (Fsp3) is 0.478. The van der Waals surface area contributed by atoms with E-state index < -0.39 is 0 Å². The first-order valence-corrected chi connectivity index (χ1v) is 9.89. The van der Waals surface area contributed by atoms with E-state index in [4.69, 9.17) is 4.74 Å². The van der Waals surface area contributed by atoms with Crippen LogP contribution < -0.4 is 4.90 Å². The summed E-state index contributed by atoms with van der Waals surface area (Å²) in [4.78, 5) is 16.8. The van der Waals surface area contributed by atoms with Gasteiger partial charge in [-0.25, -0.2) is 0 Å². The second-order valence-electron chi connectivity index (χ2n) is 8.03. The summed E-state index contributed by atoms with van der Waals surface area (Å²) >= 11 is 0. The lowest BCUT2D eigenvalue weighted by Gasteiger charge is -2.43. The lowest BCUT2D eigenvalue weighted by Crippen LogP contribution is -2.45. The molecule has 2 heterocycles. The Morgan fingerprint density at radius 1 is 1.29 bits per heavy atom. The number of amides is 1. The molecule has 5 heteroatoms. The fourth-order valence-electron chi connectivity index (χ4n) is 4.21. The number of allylic oxidation sites excluding steroid dienone is 1. The van der Waals surface area contributed by atoms with Crippen molar-refractivity contribution in [3.8, 4) is 6.07 Å². The zero-order valence-electron chi connectivity index (χ0n) is 17.5. The molecule has 1 fully saturated rings. The second kappa shape index (κ2) is 7.81. The standard InChI is InChI=1S/C23H29N3O2/c1-6-26-21-11-16(2)18(13-20(21)17(3)14-23(26,4)5)12-19(15-24)22(27)25-7-9-28-10-8-25/h11-14H,6-10H2,1-5H3/b19-12+. The van der Waals surface area contributed by atoms with Crippen LogP contribution in [-0.4, -0.2) is 49.2 Å². The Labute approximate surface area is 167 Å². The van der Waals surface area contributed by atoms with Crippen LogP contribution in [0.15, 0.2) is 23.8 Å². The van der Waals surface area contributed by atoms with Crippen LogP contribution in [0.1, 0.15) is 44.4 Å². The lowest BCUT2D eigenvalue weighted by molar-refractivity contribution is -0.130. The third-order valence-electron chi connectivity index (χ3n) is 5.63. The minimum absolute atomic E-state index is 0.0419. The van der Waals surface area contributed by atoms with Gasteiger partial charge in [-0.15, -0.1) is 0 Å². The molecule has 0 aromatic heterocycles. The number of hydrogen-bond acceptors (Lipinski definition) is 4. The molecule has 3 rings (SSSR count). The van der Waals surface area contributed by atoms with Crippen molar-refractivity contribution in [3.05, 3.63) is 40.5 Å². The minimum atomic E-state index is -0.216. The molecule has 1 saturated heterocycles. The number of hydrogen-bond donors (Lipinski definition) is 0. The van der Waals surface area contributed by atoms with Crippen molar-refractivity contribution in [1.29, 1.82) is 5.26 Å². The largest absolute Gasteiger partial charge is 0.378 e. The first-order valence-electron chi connectivity index (χ1n) is 9.89. The molecule has 1 amide bonds. The van der Waals surface area contributed by atoms with Gasteiger partial charge in [-0.1, -0.05) is 6.08 Å². The van der Waals surface area contributed by atoms with Gasteiger partial charge in [0.05, 0.1) is 18.8 Å². The van der Waals surface area contributed by atoms with Crippen LogP contribution in [0, 0.1) is 18.3 Å². The highest BCUT2D eigenvalue weighted by molar-refractivity contribution is 6.02. The van der Waals surface area contributed by atoms with E-state index in [-0.39, 0.29) is 17.0 Å². The second-order valence-corrected chi connectivity index (χ2v) is 8.03. The van der Waals surface area contributed by atoms with E-state index in [1.54, 1.807) is 11.0 Å². The number of likely N-dealkylation sites (N-methyl/N-ethyl adjacent to an activating group) is 1. The van der Waals surface area contributed by atoms with E-state index in [0.717, 1.165) is 23.2 Å². The Balaban J connectivity index is 2.02. The number of carbonyl (C=O) groups is 1. The Hall–Kier alpha value is -2.58. The average Bonchev–Trinajstić information content (AvgIpc) is 2.66. The molecule has 0 N–H and O–H groups in total. The number of nitrogens with zero attached hydrogens (tertiary/aromatic N) is 3. The number of aryl methyl sites for hydroxylation is 1. The van der Waals surface area contributed by atoms with Gasteiger partial charge < -0.3 is 14.5 Å². The summed E-state index contributed by atoms with van der Waals surface area (Å²) in [7, 11) is 0. The molecular weight excluding hydrogens is 350 g/mol. The van der Waals surface area contributed by atoms with Crippen LogP contribution >= 0.6 is 0 Å². The number of carbonyl (C=O) groups excluding carboxylic acids is 1. The van der Waals surface area contributed by atoms with Crippen molar-refractivity contribution in [3.63, 3.8) is 0 Å². The number of ether oxygens (including phenoxy) is 1. The quantitative estimate of drug-likeness (QED) is 0.592. The maximum absolute atomic E-state index is 12.7. The molecule has 0 unspecified atom stereocenters. The Kier molecular flexibility index (Phi) is 5.62. The number of nitriles is 1. The molecule has 2 aliphatic heterocycles. The van der Waals surface area contributed by atoms with Gasteiger partial charge in [-0.3, -0.25) is 4.79 Å². The number of fused-ring (bicyclic) bond motifs is 1. The SMILES string of the molecule is CCN1c2cc(C)c(/C=C(\C#N)C(=O)N3CCOCC3)cc2C(C)=CC1(C)C. The lowest BCUT2D eigenvalue weighted by atomic mass is 9.86. The summed E-state index contributed by atoms with van der Waals surface area (Å²) in [6.45, 7) is 13.8. The number of benzene rings is 1. The predicted octanol–water partition coefficient (Wildman–Crippen LogP) is 3.78. The van der Waals surface area contributed by atoms with E-state index in [9.17, 15) is 10.1 Å². The molecule has 1 aromatic rings. The van der Waals surface area contributed by atoms with Crippen molar-refractivity contribution in [2.75, 3.05) is 37.7 Å². The van der Waals surface area contributed by atoms with Crippen LogP contribution in [-0.2, 0) is 9.53 Å². The van der Waals surface area contributed by atoms with Gasteiger partial charge in [-0.05, 0) is 69.5 Å². The van der Waals surface area contributed by atoms with Gasteiger partial charge in [0, 0.05) is 30.9 Å². The van der Waals surface area contributed by atoms with Crippen LogP contribution in [0.25, 0.3) is 11.6 Å². The monoisotopic (exact) mass is 379 g/mol. The zero-order chi connectivity index (χ0) is 20.5. The smallest absolute Gasteiger partial charge is 0.264 e. The van der Waals surface area contributed by atoms with Gasteiger partial charge in [0.1, 0.15) is 11.6 Å². The summed E-state index contributed by atoms with van der Waals surface area (Å²) in [5, 5.41) is 9.60. The van der Waals surface area contributed by atoms with Gasteiger partial charge >= 0.3 is 0 Å². The zero-order valence-corrected chi connectivity index (χ0v) is 17.5. The van der Waals surface area contributed by atoms with Crippen molar-refractivity contribution >= 4 is 23.2 Å². The number of morpholine rings is 1. The first-order chi connectivity index (χ1) is 13.3. The molecule has 0 bridgehead atoms. The first kappa shape index (κ1) is 20.2. The molecule has 5 nitrogen and oxygen atoms in total. The van der Waals surface area contributed by atoms with Gasteiger partial charge in [0.15, 0.2) is 0 Å². The van der Waals surface area contributed by atoms with Crippen LogP contribution in [0.5, 0.6) is 0 Å². The van der Waals surface area contributed by atoms with Crippen molar-refractivity contribution < 1.29 is 9.53 Å². The van der Waals surface area contributed by atoms with E-state index in [2.05, 4.69) is 56.9 Å². The van der Waals surface area contributed by atoms with Crippen LogP contribution in [0.2, 0.25) is 0 Å². The van der Waals surface area contributed by atoms with E-state index in [1.807, 2.05) is 6.92 Å². The number of rotatable bonds is 3. The highest BCUT2D eigenvalue weighted by Crippen LogP contribution is 2.40. The Bertz CT molecular complexity index is 884. The summed E-state index contributed by atoms with van der Waals surface area (Å²) in [5.41, 5.74) is 5.70. The average molecular weight is 380 g/mol. The molecule has 0 spiro atoms. The van der Waals surface area contributed by atoms with Gasteiger partial charge in [0.2, 0.25) is 0 Å². The third kappa shape index (κ3) is 3.70. The fourth-order valence-corrected chi connectivity index (χ4v) is 4.21. The third-order valence-corrected chi connectivity index (χ3v) is 5.63. The van der Waals surface area contributed by atoms with Crippen LogP contribution in [0.3, 0.4) is 0 Å². The van der Waals surface area contributed by atoms with E-state index in [0.29, 0.717) is 26.3 Å². The summed E-state index contributed by atoms with van der Waals surface area (Å²) in [6, 6.07) is 6.39. The van der Waals surface area contributed by atoms with Gasteiger partial charge in [-0.2, -0.15) is 5.26 Å². The van der Waals surface area contributed by atoms with E-state index >= 15 is 0 Å². The van der Waals surface area contributed by atoms with E-state index in [1.165, 1.54) is 11.3 Å².